The zero-order valence-corrected chi connectivity index (χ0v) is 23.1. The van der Waals surface area contributed by atoms with Gasteiger partial charge < -0.3 is 15.3 Å². The van der Waals surface area contributed by atoms with Gasteiger partial charge in [-0.1, -0.05) is 22.0 Å². The molecule has 12 heteroatoms. The van der Waals surface area contributed by atoms with Crippen molar-refractivity contribution >= 4 is 44.5 Å². The van der Waals surface area contributed by atoms with Crippen molar-refractivity contribution in [3.63, 3.8) is 0 Å². The summed E-state index contributed by atoms with van der Waals surface area (Å²) in [6.45, 7) is 1.88. The van der Waals surface area contributed by atoms with E-state index >= 15 is 0 Å². The number of pyridine rings is 1. The Morgan fingerprint density at radius 3 is 2.67 bits per heavy atom. The second kappa shape index (κ2) is 12.1. The van der Waals surface area contributed by atoms with Gasteiger partial charge in [-0.15, -0.1) is 0 Å². The molecule has 2 N–H and O–H groups in total. The van der Waals surface area contributed by atoms with E-state index in [9.17, 15) is 36.6 Å². The van der Waals surface area contributed by atoms with Crippen molar-refractivity contribution in [2.45, 2.75) is 50.9 Å². The van der Waals surface area contributed by atoms with Crippen LogP contribution >= 0.6 is 15.9 Å². The number of carbonyl (C=O) groups excluding carboxylic acids is 1. The quantitative estimate of drug-likeness (QED) is 0.269. The van der Waals surface area contributed by atoms with Crippen LogP contribution in [0.1, 0.15) is 58.6 Å². The van der Waals surface area contributed by atoms with Gasteiger partial charge in [0.05, 0.1) is 23.2 Å². The van der Waals surface area contributed by atoms with Crippen LogP contribution in [0.3, 0.4) is 0 Å². The smallest absolute Gasteiger partial charge is 0.416 e. The van der Waals surface area contributed by atoms with Crippen LogP contribution in [0.2, 0.25) is 0 Å². The third kappa shape index (κ3) is 6.54. The molecular formula is C28H27BrF5N3O3. The number of nitrogens with one attached hydrogen (secondary N) is 1. The van der Waals surface area contributed by atoms with Gasteiger partial charge in [0.15, 0.2) is 0 Å². The highest BCUT2D eigenvalue weighted by molar-refractivity contribution is 9.10. The Balaban J connectivity index is 1.73. The average Bonchev–Trinajstić information content (AvgIpc) is 2.88. The number of carbonyl (C=O) groups is 2. The molecule has 2 aromatic carbocycles. The normalized spacial score (nSPS) is 16.7. The molecule has 1 aliphatic rings. The fourth-order valence-electron chi connectivity index (χ4n) is 5.19. The van der Waals surface area contributed by atoms with Crippen molar-refractivity contribution in [3.05, 3.63) is 68.9 Å². The minimum atomic E-state index is -4.88. The maximum absolute atomic E-state index is 14.8. The largest absolute Gasteiger partial charge is 0.481 e. The van der Waals surface area contributed by atoms with Crippen LogP contribution in [-0.2, 0) is 11.0 Å². The van der Waals surface area contributed by atoms with Crippen molar-refractivity contribution in [3.8, 4) is 0 Å². The Kier molecular flexibility index (Phi) is 8.96. The first-order chi connectivity index (χ1) is 18.9. The molecule has 4 rings (SSSR count). The third-order valence-electron chi connectivity index (χ3n) is 7.04. The van der Waals surface area contributed by atoms with Gasteiger partial charge in [0.25, 0.3) is 5.91 Å². The Morgan fingerprint density at radius 2 is 2.00 bits per heavy atom. The lowest BCUT2D eigenvalue weighted by molar-refractivity contribution is -0.138. The summed E-state index contributed by atoms with van der Waals surface area (Å²) in [6, 6.07) is 7.66. The van der Waals surface area contributed by atoms with Crippen LogP contribution in [0, 0.1) is 12.7 Å². The molecule has 1 saturated heterocycles. The average molecular weight is 628 g/mol. The molecule has 0 spiro atoms. The summed E-state index contributed by atoms with van der Waals surface area (Å²) in [6.07, 6.45) is -5.76. The first-order valence-electron chi connectivity index (χ1n) is 12.7. The Hall–Kier alpha value is -3.28. The number of aliphatic carboxylic acids is 1. The molecule has 0 saturated carbocycles. The number of hydrogen-bond donors (Lipinski definition) is 2. The molecule has 2 heterocycles. The van der Waals surface area contributed by atoms with Crippen LogP contribution in [0.5, 0.6) is 0 Å². The monoisotopic (exact) mass is 627 g/mol. The fraction of sp³-hybridized carbons (Fsp3) is 0.393. The topological polar surface area (TPSA) is 82.5 Å². The van der Waals surface area contributed by atoms with Gasteiger partial charge >= 0.3 is 12.1 Å². The number of hydrogen-bond acceptors (Lipinski definition) is 4. The highest BCUT2D eigenvalue weighted by Crippen LogP contribution is 2.38. The van der Waals surface area contributed by atoms with E-state index in [-0.39, 0.29) is 18.5 Å². The van der Waals surface area contributed by atoms with Gasteiger partial charge in [0.2, 0.25) is 0 Å². The Bertz CT molecular complexity index is 1430. The first kappa shape index (κ1) is 29.7. The summed E-state index contributed by atoms with van der Waals surface area (Å²) in [4.78, 5) is 31.3. The lowest BCUT2D eigenvalue weighted by atomic mass is 9.89. The number of piperidine rings is 1. The third-order valence-corrected chi connectivity index (χ3v) is 7.53. The van der Waals surface area contributed by atoms with Gasteiger partial charge in [-0.3, -0.25) is 9.59 Å². The zero-order valence-electron chi connectivity index (χ0n) is 21.5. The second-order valence-corrected chi connectivity index (χ2v) is 10.7. The summed E-state index contributed by atoms with van der Waals surface area (Å²) in [7, 11) is 0. The molecular weight excluding hydrogens is 601 g/mol. The highest BCUT2D eigenvalue weighted by atomic mass is 79.9. The summed E-state index contributed by atoms with van der Waals surface area (Å²) < 4.78 is 70.9. The lowest BCUT2D eigenvalue weighted by Crippen LogP contribution is -2.38. The first-order valence-corrected chi connectivity index (χ1v) is 13.5. The molecule has 2 atom stereocenters. The molecule has 1 aliphatic heterocycles. The predicted molar refractivity (Wildman–Crippen MR) is 144 cm³/mol. The molecule has 1 amide bonds. The molecule has 2 unspecified atom stereocenters. The number of halogens is 6. The highest BCUT2D eigenvalue weighted by Gasteiger charge is 2.37. The van der Waals surface area contributed by atoms with E-state index in [1.807, 2.05) is 0 Å². The predicted octanol–water partition coefficient (Wildman–Crippen LogP) is 6.78. The number of benzene rings is 2. The van der Waals surface area contributed by atoms with Crippen molar-refractivity contribution < 1.29 is 36.6 Å². The Labute approximate surface area is 235 Å². The summed E-state index contributed by atoms with van der Waals surface area (Å²) >= 11 is 3.38. The minimum absolute atomic E-state index is 0.113. The van der Waals surface area contributed by atoms with Crippen LogP contribution < -0.4 is 10.2 Å². The molecule has 0 bridgehead atoms. The van der Waals surface area contributed by atoms with E-state index in [0.29, 0.717) is 46.1 Å². The SMILES string of the molecule is Cc1c(N2CCCC(F)C2)nc2ccc(Br)cc2c1C(=O)NCC(CCC(=O)O)c1c(F)cccc1C(F)(F)F. The van der Waals surface area contributed by atoms with Crippen molar-refractivity contribution in [2.75, 3.05) is 24.5 Å². The maximum atomic E-state index is 14.8. The van der Waals surface area contributed by atoms with Gasteiger partial charge in [-0.05, 0) is 56.5 Å². The zero-order chi connectivity index (χ0) is 29.2. The number of carboxylic acids is 1. The Morgan fingerprint density at radius 1 is 1.25 bits per heavy atom. The van der Waals surface area contributed by atoms with Crippen LogP contribution in [-0.4, -0.2) is 47.8 Å². The van der Waals surface area contributed by atoms with E-state index in [0.717, 1.165) is 18.2 Å². The number of anilines is 1. The molecule has 40 heavy (non-hydrogen) atoms. The molecule has 0 aliphatic carbocycles. The van der Waals surface area contributed by atoms with Crippen molar-refractivity contribution in [1.82, 2.24) is 10.3 Å². The number of alkyl halides is 4. The minimum Gasteiger partial charge on any atom is -0.481 e. The summed E-state index contributed by atoms with van der Waals surface area (Å²) in [5.41, 5.74) is -0.797. The van der Waals surface area contributed by atoms with E-state index in [1.54, 1.807) is 30.0 Å². The van der Waals surface area contributed by atoms with E-state index in [2.05, 4.69) is 26.2 Å². The van der Waals surface area contributed by atoms with E-state index in [4.69, 9.17) is 0 Å². The van der Waals surface area contributed by atoms with E-state index < -0.39 is 60.1 Å². The number of nitrogens with zero attached hydrogens (tertiary/aromatic N) is 2. The lowest BCUT2D eigenvalue weighted by Gasteiger charge is -2.32. The molecule has 1 fully saturated rings. The number of fused-ring (bicyclic) bond motifs is 1. The van der Waals surface area contributed by atoms with E-state index in [1.165, 1.54) is 0 Å². The van der Waals surface area contributed by atoms with Gasteiger partial charge in [-0.2, -0.15) is 13.2 Å². The van der Waals surface area contributed by atoms with Gasteiger partial charge in [0, 0.05) is 46.4 Å². The number of amides is 1. The molecule has 6 nitrogen and oxygen atoms in total. The number of rotatable bonds is 8. The van der Waals surface area contributed by atoms with Crippen molar-refractivity contribution in [1.29, 1.82) is 0 Å². The van der Waals surface area contributed by atoms with Crippen LogP contribution in [0.25, 0.3) is 10.9 Å². The van der Waals surface area contributed by atoms with Crippen LogP contribution in [0.4, 0.5) is 27.8 Å². The maximum Gasteiger partial charge on any atom is 0.416 e. The molecule has 1 aromatic heterocycles. The van der Waals surface area contributed by atoms with Gasteiger partial charge in [0.1, 0.15) is 17.8 Å². The van der Waals surface area contributed by atoms with Gasteiger partial charge in [-0.25, -0.2) is 13.8 Å². The summed E-state index contributed by atoms with van der Waals surface area (Å²) in [5, 5.41) is 12.3. The van der Waals surface area contributed by atoms with Crippen molar-refractivity contribution in [2.24, 2.45) is 0 Å². The fourth-order valence-corrected chi connectivity index (χ4v) is 5.55. The number of aromatic nitrogens is 1. The number of carboxylic acid groups (broad SMARTS) is 1. The van der Waals surface area contributed by atoms with Crippen LogP contribution in [0.15, 0.2) is 40.9 Å². The molecule has 0 radical (unpaired) electrons. The standard InChI is InChI=1S/C28H27BrF5N3O3/c1-15-24(19-12-17(29)8-9-22(19)36-26(15)37-11-3-4-18(30)14-37)27(40)35-13-16(7-10-23(38)39)25-20(28(32,33)34)5-2-6-21(25)31/h2,5-6,8-9,12,16,18H,3-4,7,10-11,13-14H2,1H3,(H,35,40)(H,38,39). The summed E-state index contributed by atoms with van der Waals surface area (Å²) in [5.74, 6) is -3.89. The molecule has 3 aromatic rings. The molecule has 214 valence electrons. The second-order valence-electron chi connectivity index (χ2n) is 9.82.